The number of morpholine rings is 1. The number of rotatable bonds is 5. The molecular weight excluding hydrogens is 276 g/mol. The molecule has 3 rings (SSSR count). The van der Waals surface area contributed by atoms with E-state index in [1.165, 1.54) is 0 Å². The lowest BCUT2D eigenvalue weighted by Crippen LogP contribution is -2.46. The lowest BCUT2D eigenvalue weighted by atomic mass is 10.0. The van der Waals surface area contributed by atoms with E-state index in [-0.39, 0.29) is 11.8 Å². The summed E-state index contributed by atoms with van der Waals surface area (Å²) >= 11 is 0. The largest absolute Gasteiger partial charge is 0.378 e. The van der Waals surface area contributed by atoms with Crippen molar-refractivity contribution in [3.8, 4) is 0 Å². The van der Waals surface area contributed by atoms with Gasteiger partial charge in [0.25, 0.3) is 0 Å². The van der Waals surface area contributed by atoms with Crippen LogP contribution in [0.25, 0.3) is 0 Å². The van der Waals surface area contributed by atoms with Crippen molar-refractivity contribution in [3.05, 3.63) is 66.0 Å². The van der Waals surface area contributed by atoms with Crippen molar-refractivity contribution in [2.45, 2.75) is 19.0 Å². The third-order valence-electron chi connectivity index (χ3n) is 3.96. The Bertz CT molecular complexity index is 601. The number of carbonyl (C=O) groups is 1. The lowest BCUT2D eigenvalue weighted by molar-refractivity contribution is -0.0131. The van der Waals surface area contributed by atoms with Crippen molar-refractivity contribution in [2.75, 3.05) is 19.8 Å². The summed E-state index contributed by atoms with van der Waals surface area (Å²) in [5, 5.41) is 0. The Morgan fingerprint density at radius 2 is 2.00 bits per heavy atom. The van der Waals surface area contributed by atoms with Gasteiger partial charge in [0.05, 0.1) is 18.9 Å². The smallest absolute Gasteiger partial charge is 0.164 e. The molecular formula is C18H20N2O2. The molecule has 1 aliphatic rings. The van der Waals surface area contributed by atoms with Crippen molar-refractivity contribution < 1.29 is 9.53 Å². The number of aromatic nitrogens is 1. The first-order valence-corrected chi connectivity index (χ1v) is 7.63. The lowest BCUT2D eigenvalue weighted by Gasteiger charge is -2.35. The third-order valence-corrected chi connectivity index (χ3v) is 3.96. The predicted molar refractivity (Wildman–Crippen MR) is 84.6 cm³/mol. The average Bonchev–Trinajstić information content (AvgIpc) is 2.58. The van der Waals surface area contributed by atoms with Crippen molar-refractivity contribution in [3.63, 3.8) is 0 Å². The fourth-order valence-electron chi connectivity index (χ4n) is 2.74. The van der Waals surface area contributed by atoms with E-state index in [0.717, 1.165) is 24.3 Å². The molecule has 0 bridgehead atoms. The standard InChI is InChI=1S/C18H20N2O2/c21-18(15-6-2-1-3-7-15)12-17-14-22-11-10-20(17)13-16-8-4-5-9-19-16/h1-9,17H,10-14H2. The molecule has 2 aromatic rings. The van der Waals surface area contributed by atoms with Crippen molar-refractivity contribution in [1.82, 2.24) is 9.88 Å². The number of pyridine rings is 1. The first-order chi connectivity index (χ1) is 10.8. The summed E-state index contributed by atoms with van der Waals surface area (Å²) in [7, 11) is 0. The van der Waals surface area contributed by atoms with Crippen molar-refractivity contribution in [2.24, 2.45) is 0 Å². The maximum Gasteiger partial charge on any atom is 0.164 e. The van der Waals surface area contributed by atoms with Crippen LogP contribution in [0.15, 0.2) is 54.7 Å². The Kier molecular flexibility index (Phi) is 4.93. The van der Waals surface area contributed by atoms with E-state index in [9.17, 15) is 4.79 Å². The summed E-state index contributed by atoms with van der Waals surface area (Å²) in [6, 6.07) is 15.5. The van der Waals surface area contributed by atoms with Crippen LogP contribution in [0.2, 0.25) is 0 Å². The molecule has 0 N–H and O–H groups in total. The Balaban J connectivity index is 1.66. The van der Waals surface area contributed by atoms with Crippen LogP contribution in [0.1, 0.15) is 22.5 Å². The molecule has 1 fully saturated rings. The quantitative estimate of drug-likeness (QED) is 0.795. The van der Waals surface area contributed by atoms with E-state index in [1.54, 1.807) is 6.20 Å². The second kappa shape index (κ2) is 7.29. The highest BCUT2D eigenvalue weighted by Gasteiger charge is 2.26. The molecule has 1 unspecified atom stereocenters. The molecule has 0 spiro atoms. The van der Waals surface area contributed by atoms with E-state index < -0.39 is 0 Å². The monoisotopic (exact) mass is 296 g/mol. The molecule has 1 aliphatic heterocycles. The third kappa shape index (κ3) is 3.78. The SMILES string of the molecule is O=C(CC1COCCN1Cc1ccccn1)c1ccccc1. The topological polar surface area (TPSA) is 42.4 Å². The zero-order valence-corrected chi connectivity index (χ0v) is 12.5. The van der Waals surface area contributed by atoms with Crippen LogP contribution in [0.3, 0.4) is 0 Å². The highest BCUT2D eigenvalue weighted by atomic mass is 16.5. The van der Waals surface area contributed by atoms with Gasteiger partial charge in [0, 0.05) is 37.3 Å². The minimum atomic E-state index is 0.114. The Morgan fingerprint density at radius 3 is 2.77 bits per heavy atom. The number of carbonyl (C=O) groups excluding carboxylic acids is 1. The van der Waals surface area contributed by atoms with Gasteiger partial charge >= 0.3 is 0 Å². The molecule has 1 aromatic carbocycles. The highest BCUT2D eigenvalue weighted by Crippen LogP contribution is 2.16. The van der Waals surface area contributed by atoms with Gasteiger partial charge in [-0.25, -0.2) is 0 Å². The first-order valence-electron chi connectivity index (χ1n) is 7.63. The molecule has 1 saturated heterocycles. The maximum absolute atomic E-state index is 12.4. The van der Waals surface area contributed by atoms with Gasteiger partial charge in [-0.1, -0.05) is 36.4 Å². The Labute approximate surface area is 130 Å². The minimum absolute atomic E-state index is 0.114. The van der Waals surface area contributed by atoms with Gasteiger partial charge in [-0.3, -0.25) is 14.7 Å². The number of hydrogen-bond donors (Lipinski definition) is 0. The zero-order chi connectivity index (χ0) is 15.2. The number of ketones is 1. The first kappa shape index (κ1) is 14.9. The van der Waals surface area contributed by atoms with Gasteiger partial charge < -0.3 is 4.74 Å². The van der Waals surface area contributed by atoms with Gasteiger partial charge in [-0.15, -0.1) is 0 Å². The fourth-order valence-corrected chi connectivity index (χ4v) is 2.74. The summed E-state index contributed by atoms with van der Waals surface area (Å²) in [6.07, 6.45) is 2.29. The van der Waals surface area contributed by atoms with Crippen LogP contribution in [-0.4, -0.2) is 41.5 Å². The molecule has 4 nitrogen and oxygen atoms in total. The highest BCUT2D eigenvalue weighted by molar-refractivity contribution is 5.96. The molecule has 4 heteroatoms. The second-order valence-electron chi connectivity index (χ2n) is 5.51. The predicted octanol–water partition coefficient (Wildman–Crippen LogP) is 2.56. The molecule has 1 atom stereocenters. The van der Waals surface area contributed by atoms with Gasteiger partial charge in [-0.2, -0.15) is 0 Å². The normalized spacial score (nSPS) is 19.0. The molecule has 0 radical (unpaired) electrons. The summed E-state index contributed by atoms with van der Waals surface area (Å²) in [5.74, 6) is 0.169. The van der Waals surface area contributed by atoms with Gasteiger partial charge in [0.1, 0.15) is 0 Å². The molecule has 1 aromatic heterocycles. The number of nitrogens with zero attached hydrogens (tertiary/aromatic N) is 2. The average molecular weight is 296 g/mol. The van der Waals surface area contributed by atoms with Crippen LogP contribution < -0.4 is 0 Å². The van der Waals surface area contributed by atoms with Crippen LogP contribution in [0.4, 0.5) is 0 Å². The maximum atomic E-state index is 12.4. The number of ether oxygens (including phenoxy) is 1. The Morgan fingerprint density at radius 1 is 1.18 bits per heavy atom. The van der Waals surface area contributed by atoms with Crippen LogP contribution >= 0.6 is 0 Å². The molecule has 114 valence electrons. The molecule has 22 heavy (non-hydrogen) atoms. The number of benzene rings is 1. The molecule has 2 heterocycles. The van der Waals surface area contributed by atoms with Crippen LogP contribution in [-0.2, 0) is 11.3 Å². The summed E-state index contributed by atoms with van der Waals surface area (Å²) in [6.45, 7) is 2.91. The summed E-state index contributed by atoms with van der Waals surface area (Å²) < 4.78 is 5.57. The van der Waals surface area contributed by atoms with E-state index in [1.807, 2.05) is 48.5 Å². The summed E-state index contributed by atoms with van der Waals surface area (Å²) in [5.41, 5.74) is 1.80. The number of hydrogen-bond acceptors (Lipinski definition) is 4. The van der Waals surface area contributed by atoms with E-state index in [2.05, 4.69) is 9.88 Å². The molecule has 0 saturated carbocycles. The molecule has 0 amide bonds. The van der Waals surface area contributed by atoms with Gasteiger partial charge in [-0.05, 0) is 12.1 Å². The fraction of sp³-hybridized carbons (Fsp3) is 0.333. The van der Waals surface area contributed by atoms with Crippen molar-refractivity contribution in [1.29, 1.82) is 0 Å². The number of Topliss-reactive ketones (excluding diaryl/α,β-unsaturated/α-hetero) is 1. The van der Waals surface area contributed by atoms with E-state index >= 15 is 0 Å². The van der Waals surface area contributed by atoms with E-state index in [0.29, 0.717) is 19.6 Å². The van der Waals surface area contributed by atoms with Gasteiger partial charge in [0.15, 0.2) is 5.78 Å². The minimum Gasteiger partial charge on any atom is -0.378 e. The molecule has 0 aliphatic carbocycles. The van der Waals surface area contributed by atoms with Crippen molar-refractivity contribution >= 4 is 5.78 Å². The Hall–Kier alpha value is -2.04. The zero-order valence-electron chi connectivity index (χ0n) is 12.5. The van der Waals surface area contributed by atoms with E-state index in [4.69, 9.17) is 4.74 Å². The summed E-state index contributed by atoms with van der Waals surface area (Å²) in [4.78, 5) is 19.1. The second-order valence-corrected chi connectivity index (χ2v) is 5.51. The van der Waals surface area contributed by atoms with Gasteiger partial charge in [0.2, 0.25) is 0 Å². The van der Waals surface area contributed by atoms with Crippen LogP contribution in [0, 0.1) is 0 Å². The van der Waals surface area contributed by atoms with Crippen LogP contribution in [0.5, 0.6) is 0 Å².